The van der Waals surface area contributed by atoms with Crippen LogP contribution in [0.15, 0.2) is 28.7 Å². The fraction of sp³-hybridized carbons (Fsp3) is 0.438. The summed E-state index contributed by atoms with van der Waals surface area (Å²) in [6, 6.07) is 8.15. The zero-order valence-electron chi connectivity index (χ0n) is 13.6. The molecule has 130 valence electrons. The summed E-state index contributed by atoms with van der Waals surface area (Å²) in [4.78, 5) is 12.5. The number of nitrogens with one attached hydrogen (secondary N) is 2. The minimum absolute atomic E-state index is 0. The van der Waals surface area contributed by atoms with Gasteiger partial charge in [-0.2, -0.15) is 0 Å². The monoisotopic (exact) mass is 413 g/mol. The zero-order valence-corrected chi connectivity index (χ0v) is 16.0. The summed E-state index contributed by atoms with van der Waals surface area (Å²) in [7, 11) is 0. The van der Waals surface area contributed by atoms with Crippen LogP contribution < -0.4 is 10.6 Å². The van der Waals surface area contributed by atoms with Crippen molar-refractivity contribution in [3.8, 4) is 5.69 Å². The lowest BCUT2D eigenvalue weighted by molar-refractivity contribution is 0.0914. The number of carbonyl (C=O) groups is 1. The summed E-state index contributed by atoms with van der Waals surface area (Å²) < 4.78 is 2.64. The van der Waals surface area contributed by atoms with E-state index in [0.717, 1.165) is 35.2 Å². The summed E-state index contributed by atoms with van der Waals surface area (Å²) in [5, 5.41) is 14.7. The minimum Gasteiger partial charge on any atom is -0.346 e. The molecule has 0 radical (unpaired) electrons. The van der Waals surface area contributed by atoms with Crippen LogP contribution in [0.4, 0.5) is 0 Å². The third kappa shape index (κ3) is 3.96. The summed E-state index contributed by atoms with van der Waals surface area (Å²) in [6.07, 6.45) is 2.05. The van der Waals surface area contributed by atoms with E-state index < -0.39 is 0 Å². The highest BCUT2D eigenvalue weighted by Crippen LogP contribution is 2.17. The second-order valence-electron chi connectivity index (χ2n) is 5.88. The van der Waals surface area contributed by atoms with E-state index in [4.69, 9.17) is 0 Å². The van der Waals surface area contributed by atoms with Gasteiger partial charge in [0.25, 0.3) is 5.91 Å². The first-order chi connectivity index (χ1) is 11.1. The Morgan fingerprint density at radius 3 is 2.96 bits per heavy atom. The van der Waals surface area contributed by atoms with Crippen LogP contribution >= 0.6 is 28.3 Å². The molecular weight excluding hydrogens is 394 g/mol. The molecule has 0 aliphatic carbocycles. The van der Waals surface area contributed by atoms with Gasteiger partial charge in [0.15, 0.2) is 5.69 Å². The summed E-state index contributed by atoms with van der Waals surface area (Å²) in [5.74, 6) is -0.163. The smallest absolute Gasteiger partial charge is 0.274 e. The van der Waals surface area contributed by atoms with Crippen molar-refractivity contribution < 1.29 is 4.79 Å². The summed E-state index contributed by atoms with van der Waals surface area (Å²) in [5.41, 5.74) is 1.98. The molecule has 0 bridgehead atoms. The number of piperidine rings is 1. The van der Waals surface area contributed by atoms with Gasteiger partial charge in [0.1, 0.15) is 0 Å². The number of benzene rings is 1. The lowest BCUT2D eigenvalue weighted by atomic mass is 10.00. The molecule has 1 saturated heterocycles. The molecule has 1 aromatic heterocycles. The van der Waals surface area contributed by atoms with E-state index in [1.165, 1.54) is 0 Å². The first-order valence-electron chi connectivity index (χ1n) is 7.79. The van der Waals surface area contributed by atoms with Crippen LogP contribution in [-0.2, 0) is 0 Å². The van der Waals surface area contributed by atoms with Crippen molar-refractivity contribution in [2.24, 2.45) is 0 Å². The fourth-order valence-electron chi connectivity index (χ4n) is 2.87. The second-order valence-corrected chi connectivity index (χ2v) is 6.80. The van der Waals surface area contributed by atoms with Gasteiger partial charge in [-0.1, -0.05) is 27.2 Å². The Kier molecular flexibility index (Phi) is 6.37. The average molecular weight is 415 g/mol. The van der Waals surface area contributed by atoms with E-state index in [1.54, 1.807) is 4.68 Å². The molecule has 6 nitrogen and oxygen atoms in total. The average Bonchev–Trinajstić information content (AvgIpc) is 2.91. The maximum absolute atomic E-state index is 12.5. The van der Waals surface area contributed by atoms with Crippen LogP contribution in [0.2, 0.25) is 0 Å². The maximum atomic E-state index is 12.5. The van der Waals surface area contributed by atoms with Crippen molar-refractivity contribution in [2.45, 2.75) is 38.8 Å². The number of aromatic nitrogens is 3. The van der Waals surface area contributed by atoms with Gasteiger partial charge in [-0.15, -0.1) is 17.5 Å². The summed E-state index contributed by atoms with van der Waals surface area (Å²) in [6.45, 7) is 4.96. The SMILES string of the molecule is Cc1c(C(=O)NC2CCCNC2C)nnn1-c1cccc(Br)c1.Cl. The Morgan fingerprint density at radius 1 is 1.46 bits per heavy atom. The molecule has 24 heavy (non-hydrogen) atoms. The molecule has 0 spiro atoms. The number of nitrogens with zero attached hydrogens (tertiary/aromatic N) is 3. The van der Waals surface area contributed by atoms with Crippen molar-refractivity contribution >= 4 is 34.2 Å². The van der Waals surface area contributed by atoms with Crippen molar-refractivity contribution in [2.75, 3.05) is 6.54 Å². The fourth-order valence-corrected chi connectivity index (χ4v) is 3.26. The number of rotatable bonds is 3. The molecule has 1 aliphatic rings. The standard InChI is InChI=1S/C16H20BrN5O.ClH/c1-10-14(7-4-8-18-10)19-16(23)15-11(2)22(21-20-15)13-6-3-5-12(17)9-13;/h3,5-6,9-10,14,18H,4,7-8H2,1-2H3,(H,19,23);1H. The maximum Gasteiger partial charge on any atom is 0.274 e. The van der Waals surface area contributed by atoms with Gasteiger partial charge in [-0.3, -0.25) is 4.79 Å². The lowest BCUT2D eigenvalue weighted by Crippen LogP contribution is -2.52. The quantitative estimate of drug-likeness (QED) is 0.810. The van der Waals surface area contributed by atoms with Crippen LogP contribution in [0.25, 0.3) is 5.69 Å². The highest BCUT2D eigenvalue weighted by molar-refractivity contribution is 9.10. The number of hydrogen-bond donors (Lipinski definition) is 2. The van der Waals surface area contributed by atoms with E-state index in [-0.39, 0.29) is 30.4 Å². The van der Waals surface area contributed by atoms with Crippen molar-refractivity contribution in [3.63, 3.8) is 0 Å². The highest BCUT2D eigenvalue weighted by atomic mass is 79.9. The molecule has 1 fully saturated rings. The number of carbonyl (C=O) groups excluding carboxylic acids is 1. The Morgan fingerprint density at radius 2 is 2.25 bits per heavy atom. The zero-order chi connectivity index (χ0) is 16.4. The van der Waals surface area contributed by atoms with E-state index in [2.05, 4.69) is 43.8 Å². The van der Waals surface area contributed by atoms with Crippen LogP contribution in [0, 0.1) is 6.92 Å². The van der Waals surface area contributed by atoms with Gasteiger partial charge >= 0.3 is 0 Å². The highest BCUT2D eigenvalue weighted by Gasteiger charge is 2.25. The largest absolute Gasteiger partial charge is 0.346 e. The predicted octanol–water partition coefficient (Wildman–Crippen LogP) is 2.63. The van der Waals surface area contributed by atoms with E-state index in [9.17, 15) is 4.79 Å². The molecule has 2 N–H and O–H groups in total. The molecular formula is C16H21BrClN5O. The first-order valence-corrected chi connectivity index (χ1v) is 8.58. The Bertz CT molecular complexity index is 720. The van der Waals surface area contributed by atoms with Gasteiger partial charge in [0.05, 0.1) is 11.4 Å². The van der Waals surface area contributed by atoms with Crippen LogP contribution in [-0.4, -0.2) is 39.5 Å². The number of halogens is 2. The normalized spacial score (nSPS) is 20.3. The molecule has 3 rings (SSSR count). The Labute approximate surface area is 155 Å². The molecule has 2 atom stereocenters. The molecule has 8 heteroatoms. The second kappa shape index (κ2) is 8.09. The van der Waals surface area contributed by atoms with Crippen molar-refractivity contribution in [1.82, 2.24) is 25.6 Å². The van der Waals surface area contributed by atoms with Crippen LogP contribution in [0.3, 0.4) is 0 Å². The molecule has 1 aliphatic heterocycles. The van der Waals surface area contributed by atoms with Gasteiger partial charge in [0.2, 0.25) is 0 Å². The van der Waals surface area contributed by atoms with Crippen molar-refractivity contribution in [3.05, 3.63) is 40.1 Å². The van der Waals surface area contributed by atoms with E-state index in [1.807, 2.05) is 31.2 Å². The number of hydrogen-bond acceptors (Lipinski definition) is 4. The molecule has 1 aromatic carbocycles. The van der Waals surface area contributed by atoms with Gasteiger partial charge in [0, 0.05) is 16.6 Å². The Hall–Kier alpha value is -1.44. The lowest BCUT2D eigenvalue weighted by Gasteiger charge is -2.30. The van der Waals surface area contributed by atoms with Gasteiger partial charge in [-0.05, 0) is 51.4 Å². The molecule has 0 saturated carbocycles. The van der Waals surface area contributed by atoms with E-state index >= 15 is 0 Å². The predicted molar refractivity (Wildman–Crippen MR) is 99.0 cm³/mol. The molecule has 2 unspecified atom stereocenters. The topological polar surface area (TPSA) is 71.8 Å². The molecule has 2 aromatic rings. The Balaban J connectivity index is 0.00000208. The third-order valence-electron chi connectivity index (χ3n) is 4.24. The first kappa shape index (κ1) is 18.9. The van der Waals surface area contributed by atoms with E-state index in [0.29, 0.717) is 5.69 Å². The van der Waals surface area contributed by atoms with Crippen LogP contribution in [0.5, 0.6) is 0 Å². The minimum atomic E-state index is -0.163. The van der Waals surface area contributed by atoms with Crippen LogP contribution in [0.1, 0.15) is 35.9 Å². The third-order valence-corrected chi connectivity index (χ3v) is 4.73. The molecule has 2 heterocycles. The summed E-state index contributed by atoms with van der Waals surface area (Å²) >= 11 is 3.44. The number of amides is 1. The van der Waals surface area contributed by atoms with Gasteiger partial charge in [-0.25, -0.2) is 4.68 Å². The molecule has 1 amide bonds. The van der Waals surface area contributed by atoms with Crippen molar-refractivity contribution in [1.29, 1.82) is 0 Å². The van der Waals surface area contributed by atoms with Gasteiger partial charge < -0.3 is 10.6 Å².